The first-order valence-electron chi connectivity index (χ1n) is 7.13. The Balaban J connectivity index is 0.00000147. The highest BCUT2D eigenvalue weighted by Crippen LogP contribution is 2.37. The van der Waals surface area contributed by atoms with Crippen molar-refractivity contribution in [2.75, 3.05) is 26.2 Å². The van der Waals surface area contributed by atoms with Gasteiger partial charge in [-0.25, -0.2) is 0 Å². The van der Waals surface area contributed by atoms with Crippen molar-refractivity contribution in [3.8, 4) is 0 Å². The van der Waals surface area contributed by atoms with E-state index in [4.69, 9.17) is 0 Å². The number of piperidine rings is 1. The first-order chi connectivity index (χ1) is 9.11. The van der Waals surface area contributed by atoms with Crippen LogP contribution < -0.4 is 5.32 Å². The highest BCUT2D eigenvalue weighted by molar-refractivity contribution is 5.94. The van der Waals surface area contributed by atoms with Crippen molar-refractivity contribution in [1.29, 1.82) is 0 Å². The van der Waals surface area contributed by atoms with Gasteiger partial charge in [-0.3, -0.25) is 9.89 Å². The molecule has 6 heteroatoms. The van der Waals surface area contributed by atoms with Crippen molar-refractivity contribution >= 4 is 18.3 Å². The van der Waals surface area contributed by atoms with Crippen molar-refractivity contribution < 1.29 is 4.79 Å². The Hall–Kier alpha value is -1.07. The molecule has 1 aromatic rings. The zero-order valence-electron chi connectivity index (χ0n) is 12.2. The lowest BCUT2D eigenvalue weighted by Crippen LogP contribution is -2.44. The number of amides is 1. The second-order valence-electron chi connectivity index (χ2n) is 6.04. The van der Waals surface area contributed by atoms with E-state index in [1.165, 1.54) is 6.42 Å². The number of aromatic nitrogens is 2. The van der Waals surface area contributed by atoms with Crippen molar-refractivity contribution in [2.24, 2.45) is 5.41 Å². The van der Waals surface area contributed by atoms with Crippen molar-refractivity contribution in [3.63, 3.8) is 0 Å². The molecule has 112 valence electrons. The van der Waals surface area contributed by atoms with Crippen LogP contribution in [0.4, 0.5) is 0 Å². The minimum absolute atomic E-state index is 0. The number of hydrogen-bond donors (Lipinski definition) is 2. The zero-order chi connectivity index (χ0) is 13.5. The van der Waals surface area contributed by atoms with Crippen molar-refractivity contribution in [1.82, 2.24) is 20.4 Å². The van der Waals surface area contributed by atoms with E-state index in [9.17, 15) is 4.79 Å². The summed E-state index contributed by atoms with van der Waals surface area (Å²) in [5.74, 6) is 0.0858. The second-order valence-corrected chi connectivity index (χ2v) is 6.04. The third-order valence-corrected chi connectivity index (χ3v) is 4.90. The fourth-order valence-electron chi connectivity index (χ4n) is 3.25. The Bertz CT molecular complexity index is 483. The summed E-state index contributed by atoms with van der Waals surface area (Å²) in [5, 5.41) is 10.5. The van der Waals surface area contributed by atoms with Crippen LogP contribution in [0.1, 0.15) is 41.0 Å². The summed E-state index contributed by atoms with van der Waals surface area (Å²) < 4.78 is 0. The van der Waals surface area contributed by atoms with Crippen molar-refractivity contribution in [2.45, 2.75) is 33.1 Å². The predicted molar refractivity (Wildman–Crippen MR) is 80.4 cm³/mol. The summed E-state index contributed by atoms with van der Waals surface area (Å²) >= 11 is 0. The molecule has 2 saturated heterocycles. The zero-order valence-corrected chi connectivity index (χ0v) is 13.0. The number of halogens is 1. The van der Waals surface area contributed by atoms with Crippen LogP contribution in [-0.2, 0) is 0 Å². The van der Waals surface area contributed by atoms with Gasteiger partial charge in [0.05, 0.1) is 0 Å². The van der Waals surface area contributed by atoms with E-state index in [2.05, 4.69) is 15.5 Å². The molecular formula is C14H23ClN4O. The fourth-order valence-corrected chi connectivity index (χ4v) is 3.25. The maximum Gasteiger partial charge on any atom is 0.274 e. The first-order valence-corrected chi connectivity index (χ1v) is 7.13. The third kappa shape index (κ3) is 2.56. The van der Waals surface area contributed by atoms with Gasteiger partial charge in [-0.05, 0) is 45.1 Å². The average Bonchev–Trinajstić information content (AvgIpc) is 2.99. The molecule has 0 unspecified atom stereocenters. The summed E-state index contributed by atoms with van der Waals surface area (Å²) in [6.45, 7) is 7.89. The maximum atomic E-state index is 12.5. The number of hydrogen-bond acceptors (Lipinski definition) is 3. The summed E-state index contributed by atoms with van der Waals surface area (Å²) in [5.41, 5.74) is 3.01. The van der Waals surface area contributed by atoms with Crippen LogP contribution in [0.2, 0.25) is 0 Å². The molecular weight excluding hydrogens is 276 g/mol. The SMILES string of the molecule is Cc1[nH]nc(C(=O)N2CCC3(CCNC3)CC2)c1C.Cl. The third-order valence-electron chi connectivity index (χ3n) is 4.90. The lowest BCUT2D eigenvalue weighted by molar-refractivity contribution is 0.0601. The Morgan fingerprint density at radius 3 is 2.45 bits per heavy atom. The number of aryl methyl sites for hydroxylation is 1. The molecule has 1 spiro atoms. The lowest BCUT2D eigenvalue weighted by atomic mass is 9.78. The smallest absolute Gasteiger partial charge is 0.274 e. The van der Waals surface area contributed by atoms with Gasteiger partial charge in [-0.1, -0.05) is 0 Å². The standard InChI is InChI=1S/C14H22N4O.ClH/c1-10-11(2)16-17-12(10)13(19)18-7-4-14(5-8-18)3-6-15-9-14;/h15H,3-9H2,1-2H3,(H,16,17);1H. The highest BCUT2D eigenvalue weighted by Gasteiger charge is 2.38. The molecule has 5 nitrogen and oxygen atoms in total. The number of rotatable bonds is 1. The van der Waals surface area contributed by atoms with Gasteiger partial charge in [0.25, 0.3) is 5.91 Å². The van der Waals surface area contributed by atoms with Crippen molar-refractivity contribution in [3.05, 3.63) is 17.0 Å². The minimum Gasteiger partial charge on any atom is -0.337 e. The minimum atomic E-state index is 0. The number of nitrogens with one attached hydrogen (secondary N) is 2. The Kier molecular flexibility index (Phi) is 4.39. The van der Waals surface area contributed by atoms with Crippen LogP contribution in [-0.4, -0.2) is 47.2 Å². The van der Waals surface area contributed by atoms with Gasteiger partial charge in [-0.15, -0.1) is 12.4 Å². The molecule has 3 heterocycles. The van der Waals surface area contributed by atoms with Crippen LogP contribution in [0.15, 0.2) is 0 Å². The molecule has 3 rings (SSSR count). The normalized spacial score (nSPS) is 21.0. The van der Waals surface area contributed by atoms with Crippen LogP contribution in [0.3, 0.4) is 0 Å². The monoisotopic (exact) mass is 298 g/mol. The molecule has 0 aliphatic carbocycles. The van der Waals surface area contributed by atoms with E-state index in [0.29, 0.717) is 11.1 Å². The van der Waals surface area contributed by atoms with Crippen LogP contribution in [0, 0.1) is 19.3 Å². The van der Waals surface area contributed by atoms with Gasteiger partial charge in [0.15, 0.2) is 5.69 Å². The quantitative estimate of drug-likeness (QED) is 0.829. The Morgan fingerprint density at radius 1 is 1.25 bits per heavy atom. The van der Waals surface area contributed by atoms with E-state index in [1.807, 2.05) is 18.7 Å². The molecule has 2 N–H and O–H groups in total. The summed E-state index contributed by atoms with van der Waals surface area (Å²) in [7, 11) is 0. The number of H-pyrrole nitrogens is 1. The fraction of sp³-hybridized carbons (Fsp3) is 0.714. The summed E-state index contributed by atoms with van der Waals surface area (Å²) in [6.07, 6.45) is 3.50. The largest absolute Gasteiger partial charge is 0.337 e. The van der Waals surface area contributed by atoms with Crippen LogP contribution in [0.25, 0.3) is 0 Å². The second kappa shape index (κ2) is 5.74. The molecule has 0 atom stereocenters. The number of carbonyl (C=O) groups is 1. The van der Waals surface area contributed by atoms with Gasteiger partial charge in [0.2, 0.25) is 0 Å². The molecule has 2 fully saturated rings. The molecule has 0 saturated carbocycles. The Morgan fingerprint density at radius 2 is 1.95 bits per heavy atom. The number of carbonyl (C=O) groups excluding carboxylic acids is 1. The molecule has 0 bridgehead atoms. The molecule has 2 aliphatic rings. The van der Waals surface area contributed by atoms with Gasteiger partial charge < -0.3 is 10.2 Å². The molecule has 20 heavy (non-hydrogen) atoms. The summed E-state index contributed by atoms with van der Waals surface area (Å²) in [6, 6.07) is 0. The first kappa shape index (κ1) is 15.3. The summed E-state index contributed by atoms with van der Waals surface area (Å²) in [4.78, 5) is 14.4. The number of likely N-dealkylation sites (tertiary alicyclic amines) is 1. The molecule has 0 aromatic carbocycles. The molecule has 0 radical (unpaired) electrons. The average molecular weight is 299 g/mol. The lowest BCUT2D eigenvalue weighted by Gasteiger charge is -2.38. The molecule has 1 amide bonds. The highest BCUT2D eigenvalue weighted by atomic mass is 35.5. The van der Waals surface area contributed by atoms with E-state index in [0.717, 1.165) is 50.3 Å². The predicted octanol–water partition coefficient (Wildman–Crippen LogP) is 1.66. The van der Waals surface area contributed by atoms with E-state index in [1.54, 1.807) is 0 Å². The maximum absolute atomic E-state index is 12.5. The topological polar surface area (TPSA) is 61.0 Å². The molecule has 1 aromatic heterocycles. The number of nitrogens with zero attached hydrogens (tertiary/aromatic N) is 2. The van der Waals surface area contributed by atoms with Gasteiger partial charge in [-0.2, -0.15) is 5.10 Å². The van der Waals surface area contributed by atoms with Crippen LogP contribution in [0.5, 0.6) is 0 Å². The van der Waals surface area contributed by atoms with Gasteiger partial charge in [0.1, 0.15) is 0 Å². The van der Waals surface area contributed by atoms with Crippen LogP contribution >= 0.6 is 12.4 Å². The van der Waals surface area contributed by atoms with E-state index in [-0.39, 0.29) is 18.3 Å². The van der Waals surface area contributed by atoms with Gasteiger partial charge in [0, 0.05) is 30.9 Å². The Labute approximate surface area is 125 Å². The molecule has 2 aliphatic heterocycles. The number of aromatic amines is 1. The van der Waals surface area contributed by atoms with E-state index < -0.39 is 0 Å². The van der Waals surface area contributed by atoms with E-state index >= 15 is 0 Å². The van der Waals surface area contributed by atoms with Gasteiger partial charge >= 0.3 is 0 Å².